The minimum atomic E-state index is -0.207. The number of benzene rings is 1. The number of carbonyl (C=O) groups is 1. The smallest absolute Gasteiger partial charge is 0.236 e. The summed E-state index contributed by atoms with van der Waals surface area (Å²) in [6.45, 7) is 6.02. The second-order valence-corrected chi connectivity index (χ2v) is 9.25. The molecule has 6 heteroatoms. The Hall–Kier alpha value is -1.73. The van der Waals surface area contributed by atoms with Gasteiger partial charge >= 0.3 is 0 Å². The number of ether oxygens (including phenoxy) is 2. The Morgan fingerprint density at radius 3 is 2.55 bits per heavy atom. The number of thiophene rings is 1. The van der Waals surface area contributed by atoms with Crippen LogP contribution in [0.3, 0.4) is 0 Å². The van der Waals surface area contributed by atoms with Crippen LogP contribution < -0.4 is 0 Å². The highest BCUT2D eigenvalue weighted by atomic mass is 32.1. The number of likely N-dealkylation sites (tertiary alicyclic amines) is 1. The Morgan fingerprint density at radius 2 is 1.79 bits per heavy atom. The lowest BCUT2D eigenvalue weighted by atomic mass is 9.85. The molecule has 1 aromatic heterocycles. The van der Waals surface area contributed by atoms with Gasteiger partial charge in [0.2, 0.25) is 5.91 Å². The summed E-state index contributed by atoms with van der Waals surface area (Å²) in [5.41, 5.74) is 2.51. The predicted molar refractivity (Wildman–Crippen MR) is 114 cm³/mol. The van der Waals surface area contributed by atoms with Gasteiger partial charge in [0.05, 0.1) is 26.4 Å². The van der Waals surface area contributed by atoms with Gasteiger partial charge in [-0.2, -0.15) is 0 Å². The zero-order valence-corrected chi connectivity index (χ0v) is 17.6. The second-order valence-electron chi connectivity index (χ2n) is 8.19. The third-order valence-corrected chi connectivity index (χ3v) is 7.83. The molecule has 5 rings (SSSR count). The molecule has 0 unspecified atom stereocenters. The highest BCUT2D eigenvalue weighted by molar-refractivity contribution is 7.15. The van der Waals surface area contributed by atoms with Crippen molar-refractivity contribution in [2.45, 2.75) is 24.9 Å². The quantitative estimate of drug-likeness (QED) is 0.777. The fourth-order valence-electron chi connectivity index (χ4n) is 4.71. The number of carbonyl (C=O) groups excluding carboxylic acids is 1. The summed E-state index contributed by atoms with van der Waals surface area (Å²) in [5.74, 6) is 0.244. The maximum Gasteiger partial charge on any atom is 0.236 e. The van der Waals surface area contributed by atoms with Crippen molar-refractivity contribution in [3.05, 3.63) is 46.8 Å². The standard InChI is InChI=1S/C23H28N2O3S/c26-21(17-24-11-14-27-15-12-24)25-9-7-23(8-10-25)22-19(6-13-28-23)16-20(29-22)18-4-2-1-3-5-18/h1-5,16H,6-15,17H2. The van der Waals surface area contributed by atoms with E-state index in [2.05, 4.69) is 41.3 Å². The van der Waals surface area contributed by atoms with Crippen LogP contribution in [-0.2, 0) is 26.3 Å². The monoisotopic (exact) mass is 412 g/mol. The molecule has 0 saturated carbocycles. The minimum Gasteiger partial charge on any atom is -0.379 e. The van der Waals surface area contributed by atoms with Crippen LogP contribution in [0.1, 0.15) is 23.3 Å². The van der Waals surface area contributed by atoms with Crippen LogP contribution >= 0.6 is 11.3 Å². The highest BCUT2D eigenvalue weighted by Crippen LogP contribution is 2.47. The molecule has 5 nitrogen and oxygen atoms in total. The first kappa shape index (κ1) is 19.2. The van der Waals surface area contributed by atoms with E-state index in [0.717, 1.165) is 65.3 Å². The van der Waals surface area contributed by atoms with Gasteiger partial charge in [0.25, 0.3) is 0 Å². The molecule has 1 spiro atoms. The summed E-state index contributed by atoms with van der Waals surface area (Å²) in [5, 5.41) is 0. The molecule has 2 fully saturated rings. The van der Waals surface area contributed by atoms with E-state index in [4.69, 9.17) is 9.47 Å². The van der Waals surface area contributed by atoms with Gasteiger partial charge in [-0.15, -0.1) is 11.3 Å². The van der Waals surface area contributed by atoms with Crippen LogP contribution in [0.5, 0.6) is 0 Å². The molecular weight excluding hydrogens is 384 g/mol. The Kier molecular flexibility index (Phi) is 5.43. The van der Waals surface area contributed by atoms with Gasteiger partial charge < -0.3 is 14.4 Å². The van der Waals surface area contributed by atoms with Gasteiger partial charge in [0.15, 0.2) is 0 Å². The van der Waals surface area contributed by atoms with Gasteiger partial charge in [-0.3, -0.25) is 9.69 Å². The lowest BCUT2D eigenvalue weighted by molar-refractivity contribution is -0.142. The van der Waals surface area contributed by atoms with E-state index in [9.17, 15) is 4.79 Å². The van der Waals surface area contributed by atoms with Gasteiger partial charge in [0.1, 0.15) is 5.60 Å². The van der Waals surface area contributed by atoms with Crippen LogP contribution in [0.15, 0.2) is 36.4 Å². The van der Waals surface area contributed by atoms with E-state index < -0.39 is 0 Å². The molecule has 0 atom stereocenters. The summed E-state index contributed by atoms with van der Waals surface area (Å²) in [7, 11) is 0. The molecule has 4 heterocycles. The molecule has 2 aromatic rings. The molecule has 0 radical (unpaired) electrons. The van der Waals surface area contributed by atoms with E-state index in [0.29, 0.717) is 6.54 Å². The summed E-state index contributed by atoms with van der Waals surface area (Å²) in [4.78, 5) is 19.7. The first-order valence-corrected chi connectivity index (χ1v) is 11.5. The van der Waals surface area contributed by atoms with E-state index in [1.165, 1.54) is 20.9 Å². The Morgan fingerprint density at radius 1 is 1.03 bits per heavy atom. The van der Waals surface area contributed by atoms with Crippen molar-refractivity contribution in [3.8, 4) is 10.4 Å². The SMILES string of the molecule is O=C(CN1CCOCC1)N1CCC2(CC1)OCCc1cc(-c3ccccc3)sc12. The van der Waals surface area contributed by atoms with Crippen LogP contribution in [0.4, 0.5) is 0 Å². The van der Waals surface area contributed by atoms with Gasteiger partial charge in [-0.25, -0.2) is 0 Å². The van der Waals surface area contributed by atoms with Crippen molar-refractivity contribution in [2.24, 2.45) is 0 Å². The normalized spacial score (nSPS) is 21.9. The molecule has 1 amide bonds. The van der Waals surface area contributed by atoms with Crippen LogP contribution in [0.25, 0.3) is 10.4 Å². The molecule has 29 heavy (non-hydrogen) atoms. The number of amides is 1. The molecule has 0 aliphatic carbocycles. The minimum absolute atomic E-state index is 0.207. The van der Waals surface area contributed by atoms with Crippen LogP contribution in [0, 0.1) is 0 Å². The Balaban J connectivity index is 1.29. The van der Waals surface area contributed by atoms with Crippen molar-refractivity contribution >= 4 is 17.2 Å². The van der Waals surface area contributed by atoms with E-state index in [-0.39, 0.29) is 11.5 Å². The molecule has 0 bridgehead atoms. The molecular formula is C23H28N2O3S. The Labute approximate surface area is 176 Å². The van der Waals surface area contributed by atoms with Crippen molar-refractivity contribution in [2.75, 3.05) is 52.5 Å². The molecule has 0 N–H and O–H groups in total. The maximum absolute atomic E-state index is 12.8. The zero-order valence-electron chi connectivity index (χ0n) is 16.8. The van der Waals surface area contributed by atoms with Gasteiger partial charge in [-0.05, 0) is 36.5 Å². The van der Waals surface area contributed by atoms with Crippen molar-refractivity contribution < 1.29 is 14.3 Å². The maximum atomic E-state index is 12.8. The number of hydrogen-bond donors (Lipinski definition) is 0. The number of piperidine rings is 1. The van der Waals surface area contributed by atoms with Crippen LogP contribution in [0.2, 0.25) is 0 Å². The fourth-order valence-corrected chi connectivity index (χ4v) is 6.12. The summed E-state index contributed by atoms with van der Waals surface area (Å²) in [6.07, 6.45) is 2.77. The van der Waals surface area contributed by atoms with E-state index in [1.54, 1.807) is 0 Å². The topological polar surface area (TPSA) is 42.0 Å². The summed E-state index contributed by atoms with van der Waals surface area (Å²) < 4.78 is 11.8. The Bertz CT molecular complexity index is 852. The number of rotatable bonds is 3. The number of fused-ring (bicyclic) bond motifs is 2. The predicted octanol–water partition coefficient (Wildman–Crippen LogP) is 3.14. The molecule has 154 valence electrons. The van der Waals surface area contributed by atoms with E-state index >= 15 is 0 Å². The molecule has 2 saturated heterocycles. The molecule has 1 aromatic carbocycles. The fraction of sp³-hybridized carbons (Fsp3) is 0.522. The molecule has 3 aliphatic rings. The third-order valence-electron chi connectivity index (χ3n) is 6.42. The average molecular weight is 413 g/mol. The number of nitrogens with zero attached hydrogens (tertiary/aromatic N) is 2. The lowest BCUT2D eigenvalue weighted by Gasteiger charge is -2.44. The molecule has 3 aliphatic heterocycles. The second kappa shape index (κ2) is 8.19. The van der Waals surface area contributed by atoms with Gasteiger partial charge in [0, 0.05) is 35.9 Å². The lowest BCUT2D eigenvalue weighted by Crippen LogP contribution is -2.51. The first-order chi connectivity index (χ1) is 14.2. The third kappa shape index (κ3) is 3.87. The summed E-state index contributed by atoms with van der Waals surface area (Å²) in [6, 6.07) is 13.0. The average Bonchev–Trinajstić information content (AvgIpc) is 3.22. The summed E-state index contributed by atoms with van der Waals surface area (Å²) >= 11 is 1.88. The highest BCUT2D eigenvalue weighted by Gasteiger charge is 2.43. The van der Waals surface area contributed by atoms with Crippen molar-refractivity contribution in [1.82, 2.24) is 9.80 Å². The van der Waals surface area contributed by atoms with Gasteiger partial charge in [-0.1, -0.05) is 30.3 Å². The van der Waals surface area contributed by atoms with Crippen LogP contribution in [-0.4, -0.2) is 68.3 Å². The van der Waals surface area contributed by atoms with Crippen molar-refractivity contribution in [3.63, 3.8) is 0 Å². The largest absolute Gasteiger partial charge is 0.379 e. The number of morpholine rings is 1. The zero-order chi connectivity index (χ0) is 19.7. The first-order valence-electron chi connectivity index (χ1n) is 10.6. The van der Waals surface area contributed by atoms with Crippen molar-refractivity contribution in [1.29, 1.82) is 0 Å². The number of hydrogen-bond acceptors (Lipinski definition) is 5. The van der Waals surface area contributed by atoms with E-state index in [1.807, 2.05) is 16.2 Å².